The fourth-order valence-electron chi connectivity index (χ4n) is 4.15. The second-order valence-corrected chi connectivity index (χ2v) is 12.1. The number of ketones is 1. The van der Waals surface area contributed by atoms with Crippen molar-refractivity contribution < 1.29 is 22.7 Å². The minimum Gasteiger partial charge on any atom is -0.456 e. The number of nitrogens with zero attached hydrogens (tertiary/aromatic N) is 3. The predicted molar refractivity (Wildman–Crippen MR) is 145 cm³/mol. The van der Waals surface area contributed by atoms with E-state index >= 15 is 0 Å². The Labute approximate surface area is 222 Å². The van der Waals surface area contributed by atoms with Crippen molar-refractivity contribution in [3.05, 3.63) is 88.6 Å². The molecule has 3 heterocycles. The molecule has 9 heteroatoms. The zero-order valence-corrected chi connectivity index (χ0v) is 23.2. The molecule has 0 fully saturated rings. The number of hydrogen-bond acceptors (Lipinski definition) is 7. The Hall–Kier alpha value is -3.85. The number of carbonyl (C=O) groups is 2. The van der Waals surface area contributed by atoms with Gasteiger partial charge in [0.15, 0.2) is 5.78 Å². The Balaban J connectivity index is 1.80. The number of pyridine rings is 2. The topological polar surface area (TPSA) is 108 Å². The summed E-state index contributed by atoms with van der Waals surface area (Å²) < 4.78 is 33.7. The van der Waals surface area contributed by atoms with E-state index in [0.29, 0.717) is 27.9 Å². The third kappa shape index (κ3) is 5.52. The Morgan fingerprint density at radius 3 is 2.34 bits per heavy atom. The number of esters is 1. The highest BCUT2D eigenvalue weighted by molar-refractivity contribution is 7.90. The Morgan fingerprint density at radius 1 is 1.03 bits per heavy atom. The molecular weight excluding hydrogens is 502 g/mol. The number of carbonyl (C=O) groups excluding carboxylic acids is 2. The molecule has 4 rings (SSSR count). The molecule has 0 atom stereocenters. The summed E-state index contributed by atoms with van der Waals surface area (Å²) in [6, 6.07) is 11.5. The molecule has 0 aliphatic carbocycles. The van der Waals surface area contributed by atoms with E-state index in [-0.39, 0.29) is 34.8 Å². The van der Waals surface area contributed by atoms with Crippen molar-refractivity contribution in [1.29, 1.82) is 0 Å². The summed E-state index contributed by atoms with van der Waals surface area (Å²) in [7, 11) is -3.85. The van der Waals surface area contributed by atoms with Crippen LogP contribution in [0.2, 0.25) is 0 Å². The van der Waals surface area contributed by atoms with Gasteiger partial charge < -0.3 is 4.74 Å². The van der Waals surface area contributed by atoms with Gasteiger partial charge in [0, 0.05) is 36.3 Å². The van der Waals surface area contributed by atoms with Crippen molar-refractivity contribution in [2.75, 3.05) is 0 Å². The zero-order valence-electron chi connectivity index (χ0n) is 22.4. The molecular formula is C29H31N3O5S. The molecule has 38 heavy (non-hydrogen) atoms. The average molecular weight is 534 g/mol. The normalized spacial score (nSPS) is 12.1. The lowest BCUT2D eigenvalue weighted by molar-refractivity contribution is 0.00691. The molecule has 1 aromatic carbocycles. The van der Waals surface area contributed by atoms with Crippen LogP contribution < -0.4 is 0 Å². The van der Waals surface area contributed by atoms with Gasteiger partial charge in [-0.25, -0.2) is 22.2 Å². The molecule has 0 N–H and O–H groups in total. The largest absolute Gasteiger partial charge is 0.456 e. The second-order valence-electron chi connectivity index (χ2n) is 10.2. The quantitative estimate of drug-likeness (QED) is 0.230. The van der Waals surface area contributed by atoms with Gasteiger partial charge in [-0.15, -0.1) is 0 Å². The summed E-state index contributed by atoms with van der Waals surface area (Å²) in [5.41, 5.74) is 2.90. The van der Waals surface area contributed by atoms with Crippen LogP contribution in [0, 0.1) is 13.8 Å². The molecule has 0 aliphatic heterocycles. The molecule has 0 unspecified atom stereocenters. The molecule has 0 spiro atoms. The summed E-state index contributed by atoms with van der Waals surface area (Å²) in [5, 5.41) is 0.695. The van der Waals surface area contributed by atoms with Crippen LogP contribution in [-0.2, 0) is 21.2 Å². The van der Waals surface area contributed by atoms with E-state index in [2.05, 4.69) is 9.97 Å². The highest BCUT2D eigenvalue weighted by atomic mass is 32.2. The molecule has 3 aromatic heterocycles. The maximum Gasteiger partial charge on any atom is 0.338 e. The lowest BCUT2D eigenvalue weighted by atomic mass is 10.0. The zero-order chi connectivity index (χ0) is 27.8. The van der Waals surface area contributed by atoms with Gasteiger partial charge in [-0.05, 0) is 70.5 Å². The number of benzene rings is 1. The average Bonchev–Trinajstić information content (AvgIpc) is 3.32. The molecule has 0 amide bonds. The second kappa shape index (κ2) is 10.1. The Morgan fingerprint density at radius 2 is 1.71 bits per heavy atom. The standard InChI is InChI=1S/C29H31N3O5S/c1-7-26(33)25-16-20(28(34)37-29(4,5)6)14-22(31-25)15-21-17-30-19(3)27-24(21)12-13-32(27)38(35,36)23-10-8-18(2)9-11-23/h8-14,16-17H,7,15H2,1-6H3. The van der Waals surface area contributed by atoms with E-state index in [1.54, 1.807) is 77.2 Å². The van der Waals surface area contributed by atoms with Crippen LogP contribution in [0.1, 0.15) is 77.5 Å². The Kier molecular flexibility index (Phi) is 7.25. The molecule has 8 nitrogen and oxygen atoms in total. The minimum atomic E-state index is -3.85. The summed E-state index contributed by atoms with van der Waals surface area (Å²) in [4.78, 5) is 34.5. The molecule has 0 radical (unpaired) electrons. The van der Waals surface area contributed by atoms with Crippen molar-refractivity contribution in [3.8, 4) is 0 Å². The molecule has 0 bridgehead atoms. The Bertz CT molecular complexity index is 1650. The number of ether oxygens (including phenoxy) is 1. The van der Waals surface area contributed by atoms with Crippen LogP contribution in [0.25, 0.3) is 10.9 Å². The molecule has 0 saturated heterocycles. The van der Waals surface area contributed by atoms with Crippen molar-refractivity contribution in [2.45, 2.75) is 64.9 Å². The van der Waals surface area contributed by atoms with E-state index in [0.717, 1.165) is 5.56 Å². The SMILES string of the molecule is CCC(=O)c1cc(C(=O)OC(C)(C)C)cc(Cc2cnc(C)c3c2ccn3S(=O)(=O)c2ccc(C)cc2)n1. The van der Waals surface area contributed by atoms with E-state index < -0.39 is 21.6 Å². The van der Waals surface area contributed by atoms with Crippen molar-refractivity contribution in [3.63, 3.8) is 0 Å². The van der Waals surface area contributed by atoms with Gasteiger partial charge in [0.2, 0.25) is 0 Å². The minimum absolute atomic E-state index is 0.180. The first-order valence-corrected chi connectivity index (χ1v) is 13.8. The van der Waals surface area contributed by atoms with E-state index in [1.807, 2.05) is 6.92 Å². The van der Waals surface area contributed by atoms with E-state index in [4.69, 9.17) is 4.74 Å². The summed E-state index contributed by atoms with van der Waals surface area (Å²) >= 11 is 0. The summed E-state index contributed by atoms with van der Waals surface area (Å²) in [5.74, 6) is -0.743. The molecule has 0 saturated carbocycles. The summed E-state index contributed by atoms with van der Waals surface area (Å²) in [6.45, 7) is 10.7. The fourth-order valence-corrected chi connectivity index (χ4v) is 5.55. The van der Waals surface area contributed by atoms with Gasteiger partial charge in [0.25, 0.3) is 10.0 Å². The van der Waals surface area contributed by atoms with Crippen LogP contribution in [0.3, 0.4) is 0 Å². The van der Waals surface area contributed by atoms with Gasteiger partial charge in [-0.1, -0.05) is 24.6 Å². The monoisotopic (exact) mass is 533 g/mol. The van der Waals surface area contributed by atoms with Gasteiger partial charge >= 0.3 is 5.97 Å². The van der Waals surface area contributed by atoms with Gasteiger partial charge in [0.1, 0.15) is 11.3 Å². The number of aromatic nitrogens is 3. The number of fused-ring (bicyclic) bond motifs is 1. The van der Waals surface area contributed by atoms with Crippen LogP contribution in [0.15, 0.2) is 59.8 Å². The molecule has 4 aromatic rings. The van der Waals surface area contributed by atoms with Crippen molar-refractivity contribution in [2.24, 2.45) is 0 Å². The first-order chi connectivity index (χ1) is 17.8. The first-order valence-electron chi connectivity index (χ1n) is 12.4. The van der Waals surface area contributed by atoms with Crippen LogP contribution in [0.5, 0.6) is 0 Å². The number of hydrogen-bond donors (Lipinski definition) is 0. The number of rotatable bonds is 7. The van der Waals surface area contributed by atoms with Gasteiger partial charge in [-0.3, -0.25) is 9.78 Å². The predicted octanol–water partition coefficient (Wildman–Crippen LogP) is 5.42. The third-order valence-corrected chi connectivity index (χ3v) is 7.71. The number of aryl methyl sites for hydroxylation is 2. The molecule has 0 aliphatic rings. The maximum absolute atomic E-state index is 13.5. The van der Waals surface area contributed by atoms with Gasteiger partial charge in [0.05, 0.1) is 21.7 Å². The lowest BCUT2D eigenvalue weighted by Crippen LogP contribution is -2.24. The van der Waals surface area contributed by atoms with Crippen LogP contribution in [-0.4, -0.2) is 39.7 Å². The number of Topliss-reactive ketones (excluding diaryl/α,β-unsaturated/α-hetero) is 1. The molecule has 198 valence electrons. The first kappa shape index (κ1) is 27.2. The lowest BCUT2D eigenvalue weighted by Gasteiger charge is -2.20. The van der Waals surface area contributed by atoms with E-state index in [9.17, 15) is 18.0 Å². The highest BCUT2D eigenvalue weighted by Crippen LogP contribution is 2.28. The van der Waals surface area contributed by atoms with Gasteiger partial charge in [-0.2, -0.15) is 0 Å². The maximum atomic E-state index is 13.5. The van der Waals surface area contributed by atoms with Crippen LogP contribution >= 0.6 is 0 Å². The van der Waals surface area contributed by atoms with Crippen LogP contribution in [0.4, 0.5) is 0 Å². The highest BCUT2D eigenvalue weighted by Gasteiger charge is 2.23. The smallest absolute Gasteiger partial charge is 0.338 e. The van der Waals surface area contributed by atoms with E-state index in [1.165, 1.54) is 16.2 Å². The fraction of sp³-hybridized carbons (Fsp3) is 0.310. The third-order valence-electron chi connectivity index (χ3n) is 6.02. The van der Waals surface area contributed by atoms with Crippen molar-refractivity contribution >= 4 is 32.7 Å². The van der Waals surface area contributed by atoms with Crippen molar-refractivity contribution in [1.82, 2.24) is 13.9 Å². The summed E-state index contributed by atoms with van der Waals surface area (Å²) in [6.07, 6.45) is 3.66.